The van der Waals surface area contributed by atoms with Gasteiger partial charge in [0.1, 0.15) is 23.2 Å². The highest BCUT2D eigenvalue weighted by molar-refractivity contribution is 5.68. The van der Waals surface area contributed by atoms with Gasteiger partial charge in [0, 0.05) is 19.0 Å². The quantitative estimate of drug-likeness (QED) is 0.908. The van der Waals surface area contributed by atoms with Crippen LogP contribution in [0.1, 0.15) is 19.2 Å². The predicted molar refractivity (Wildman–Crippen MR) is 79.4 cm³/mol. The second-order valence-electron chi connectivity index (χ2n) is 4.74. The first-order valence-electron chi connectivity index (χ1n) is 6.90. The number of nitrogens with zero attached hydrogens (tertiary/aromatic N) is 3. The summed E-state index contributed by atoms with van der Waals surface area (Å²) in [6, 6.07) is 9.84. The Kier molecular flexibility index (Phi) is 3.41. The van der Waals surface area contributed by atoms with Crippen molar-refractivity contribution in [3.63, 3.8) is 0 Å². The molecule has 1 aromatic carbocycles. The molecule has 0 bridgehead atoms. The van der Waals surface area contributed by atoms with Gasteiger partial charge in [-0.2, -0.15) is 0 Å². The molecule has 0 radical (unpaired) electrons. The van der Waals surface area contributed by atoms with E-state index < -0.39 is 0 Å². The van der Waals surface area contributed by atoms with Crippen LogP contribution in [-0.2, 0) is 6.42 Å². The molecule has 1 aliphatic rings. The van der Waals surface area contributed by atoms with E-state index in [1.165, 1.54) is 0 Å². The van der Waals surface area contributed by atoms with Crippen molar-refractivity contribution >= 4 is 17.3 Å². The summed E-state index contributed by atoms with van der Waals surface area (Å²) in [6.45, 7) is 3.60. The van der Waals surface area contributed by atoms with E-state index >= 15 is 0 Å². The minimum atomic E-state index is 0.509. The molecular weight excluding hydrogens is 252 g/mol. The molecule has 0 aliphatic carbocycles. The van der Waals surface area contributed by atoms with Crippen molar-refractivity contribution in [3.05, 3.63) is 36.2 Å². The summed E-state index contributed by atoms with van der Waals surface area (Å²) in [4.78, 5) is 11.0. The van der Waals surface area contributed by atoms with Gasteiger partial charge in [0.25, 0.3) is 0 Å². The summed E-state index contributed by atoms with van der Waals surface area (Å²) >= 11 is 0. The zero-order valence-electron chi connectivity index (χ0n) is 11.5. The number of anilines is 3. The Morgan fingerprint density at radius 1 is 1.30 bits per heavy atom. The third-order valence-corrected chi connectivity index (χ3v) is 3.31. The summed E-state index contributed by atoms with van der Waals surface area (Å²) in [5.74, 6) is 3.00. The van der Waals surface area contributed by atoms with Crippen molar-refractivity contribution in [2.24, 2.45) is 0 Å². The number of rotatable bonds is 2. The van der Waals surface area contributed by atoms with E-state index in [4.69, 9.17) is 10.5 Å². The smallest absolute Gasteiger partial charge is 0.142 e. The third-order valence-electron chi connectivity index (χ3n) is 3.31. The number of aryl methyl sites for hydroxylation is 1. The fourth-order valence-corrected chi connectivity index (χ4v) is 2.36. The van der Waals surface area contributed by atoms with Crippen LogP contribution in [0, 0.1) is 0 Å². The van der Waals surface area contributed by atoms with Crippen molar-refractivity contribution in [2.75, 3.05) is 23.8 Å². The summed E-state index contributed by atoms with van der Waals surface area (Å²) in [5.41, 5.74) is 6.92. The lowest BCUT2D eigenvalue weighted by Crippen LogP contribution is -2.20. The van der Waals surface area contributed by atoms with E-state index in [2.05, 4.69) is 14.9 Å². The highest BCUT2D eigenvalue weighted by atomic mass is 16.5. The molecule has 0 spiro atoms. The highest BCUT2D eigenvalue weighted by Crippen LogP contribution is 2.35. The molecule has 0 unspecified atom stereocenters. The van der Waals surface area contributed by atoms with Gasteiger partial charge in [-0.15, -0.1) is 0 Å². The molecule has 5 nitrogen and oxygen atoms in total. The van der Waals surface area contributed by atoms with Gasteiger partial charge in [0.05, 0.1) is 12.3 Å². The monoisotopic (exact) mass is 270 g/mol. The molecule has 0 saturated heterocycles. The zero-order valence-corrected chi connectivity index (χ0v) is 11.5. The maximum atomic E-state index is 5.89. The van der Waals surface area contributed by atoms with E-state index in [1.807, 2.05) is 37.3 Å². The van der Waals surface area contributed by atoms with E-state index in [0.29, 0.717) is 12.4 Å². The molecular formula is C15H18N4O. The number of nitrogens with two attached hydrogens (primary N) is 1. The molecule has 3 rings (SSSR count). The Hall–Kier alpha value is -2.30. The Bertz CT molecular complexity index is 615. The molecule has 0 saturated carbocycles. The van der Waals surface area contributed by atoms with Crippen LogP contribution in [0.3, 0.4) is 0 Å². The van der Waals surface area contributed by atoms with Gasteiger partial charge in [-0.1, -0.05) is 19.1 Å². The zero-order chi connectivity index (χ0) is 13.9. The van der Waals surface area contributed by atoms with Crippen LogP contribution in [0.15, 0.2) is 30.3 Å². The van der Waals surface area contributed by atoms with Crippen LogP contribution in [-0.4, -0.2) is 23.1 Å². The van der Waals surface area contributed by atoms with Crippen LogP contribution in [0.4, 0.5) is 17.3 Å². The SMILES string of the molecule is CCc1nc(N)cc(N2CCCOc3ccccc32)n1. The molecule has 0 amide bonds. The van der Waals surface area contributed by atoms with Crippen LogP contribution in [0.2, 0.25) is 0 Å². The molecule has 1 aromatic heterocycles. The standard InChI is InChI=1S/C15H18N4O/c1-2-14-17-13(16)10-15(18-14)19-8-5-9-20-12-7-4-3-6-11(12)19/h3-4,6-7,10H,2,5,8-9H2,1H3,(H2,16,17,18). The van der Waals surface area contributed by atoms with Gasteiger partial charge < -0.3 is 15.4 Å². The Labute approximate surface area is 118 Å². The maximum Gasteiger partial charge on any atom is 0.142 e. The lowest BCUT2D eigenvalue weighted by atomic mass is 10.2. The van der Waals surface area contributed by atoms with Crippen molar-refractivity contribution in [1.82, 2.24) is 9.97 Å². The van der Waals surface area contributed by atoms with Crippen molar-refractivity contribution in [1.29, 1.82) is 0 Å². The summed E-state index contributed by atoms with van der Waals surface area (Å²) in [5, 5.41) is 0. The number of nitrogen functional groups attached to an aromatic ring is 1. The third kappa shape index (κ3) is 2.39. The first-order valence-corrected chi connectivity index (χ1v) is 6.90. The number of hydrogen-bond acceptors (Lipinski definition) is 5. The van der Waals surface area contributed by atoms with E-state index in [0.717, 1.165) is 42.5 Å². The number of ether oxygens (including phenoxy) is 1. The number of fused-ring (bicyclic) bond motifs is 1. The number of benzene rings is 1. The summed E-state index contributed by atoms with van der Waals surface area (Å²) in [6.07, 6.45) is 1.71. The van der Waals surface area contributed by atoms with E-state index in [1.54, 1.807) is 0 Å². The molecule has 104 valence electrons. The van der Waals surface area contributed by atoms with Gasteiger partial charge in [-0.3, -0.25) is 0 Å². The first kappa shape index (κ1) is 12.7. The first-order chi connectivity index (χ1) is 9.78. The van der Waals surface area contributed by atoms with Crippen LogP contribution >= 0.6 is 0 Å². The Morgan fingerprint density at radius 3 is 3.00 bits per heavy atom. The van der Waals surface area contributed by atoms with Crippen LogP contribution in [0.5, 0.6) is 5.75 Å². The van der Waals surface area contributed by atoms with Crippen molar-refractivity contribution in [3.8, 4) is 5.75 Å². The topological polar surface area (TPSA) is 64.3 Å². The fraction of sp³-hybridized carbons (Fsp3) is 0.333. The maximum absolute atomic E-state index is 5.89. The number of aromatic nitrogens is 2. The second kappa shape index (κ2) is 5.36. The summed E-state index contributed by atoms with van der Waals surface area (Å²) < 4.78 is 5.77. The van der Waals surface area contributed by atoms with Gasteiger partial charge >= 0.3 is 0 Å². The average molecular weight is 270 g/mol. The van der Waals surface area contributed by atoms with Gasteiger partial charge in [0.15, 0.2) is 0 Å². The molecule has 0 atom stereocenters. The normalized spacial score (nSPS) is 14.3. The van der Waals surface area contributed by atoms with Gasteiger partial charge in [-0.25, -0.2) is 9.97 Å². The molecule has 2 N–H and O–H groups in total. The van der Waals surface area contributed by atoms with Gasteiger partial charge in [0.2, 0.25) is 0 Å². The van der Waals surface area contributed by atoms with Crippen LogP contribution < -0.4 is 15.4 Å². The van der Waals surface area contributed by atoms with Crippen molar-refractivity contribution in [2.45, 2.75) is 19.8 Å². The Balaban J connectivity index is 2.07. The number of para-hydroxylation sites is 2. The number of hydrogen-bond donors (Lipinski definition) is 1. The van der Waals surface area contributed by atoms with Gasteiger partial charge in [-0.05, 0) is 18.6 Å². The molecule has 2 aromatic rings. The highest BCUT2D eigenvalue weighted by Gasteiger charge is 2.19. The summed E-state index contributed by atoms with van der Waals surface area (Å²) in [7, 11) is 0. The molecule has 0 fully saturated rings. The molecule has 2 heterocycles. The minimum Gasteiger partial charge on any atom is -0.491 e. The lowest BCUT2D eigenvalue weighted by molar-refractivity contribution is 0.322. The molecule has 5 heteroatoms. The van der Waals surface area contributed by atoms with Crippen molar-refractivity contribution < 1.29 is 4.74 Å². The molecule has 20 heavy (non-hydrogen) atoms. The largest absolute Gasteiger partial charge is 0.491 e. The van der Waals surface area contributed by atoms with E-state index in [9.17, 15) is 0 Å². The average Bonchev–Trinajstić information content (AvgIpc) is 2.69. The molecule has 1 aliphatic heterocycles. The van der Waals surface area contributed by atoms with Crippen LogP contribution in [0.25, 0.3) is 0 Å². The predicted octanol–water partition coefficient (Wildman–Crippen LogP) is 2.54. The minimum absolute atomic E-state index is 0.509. The Morgan fingerprint density at radius 2 is 2.15 bits per heavy atom. The fourth-order valence-electron chi connectivity index (χ4n) is 2.36. The lowest BCUT2D eigenvalue weighted by Gasteiger charge is -2.23. The second-order valence-corrected chi connectivity index (χ2v) is 4.74. The van der Waals surface area contributed by atoms with E-state index in [-0.39, 0.29) is 0 Å².